The fourth-order valence-electron chi connectivity index (χ4n) is 1.99. The second kappa shape index (κ2) is 10.3. The number of benzene rings is 2. The highest BCUT2D eigenvalue weighted by Gasteiger charge is 2.13. The molecule has 2 aromatic rings. The highest BCUT2D eigenvalue weighted by Crippen LogP contribution is 2.22. The van der Waals surface area contributed by atoms with Gasteiger partial charge in [-0.25, -0.2) is 0 Å². The SMILES string of the molecule is COc1ccc(NC(C)=O)c(C=O)c1.COc1ccc([N+](=O)[O-])c(C=O)c1. The van der Waals surface area contributed by atoms with Crippen molar-refractivity contribution >= 4 is 29.9 Å². The Labute approximate surface area is 155 Å². The maximum absolute atomic E-state index is 10.8. The molecular formula is C18H18N2O7. The van der Waals surface area contributed by atoms with Gasteiger partial charge in [-0.15, -0.1) is 0 Å². The van der Waals surface area contributed by atoms with E-state index in [0.29, 0.717) is 35.3 Å². The van der Waals surface area contributed by atoms with Gasteiger partial charge in [0.05, 0.1) is 30.4 Å². The molecule has 0 radical (unpaired) electrons. The molecule has 0 saturated heterocycles. The van der Waals surface area contributed by atoms with E-state index in [1.165, 1.54) is 39.3 Å². The number of aldehydes is 2. The van der Waals surface area contributed by atoms with Crippen molar-refractivity contribution in [2.24, 2.45) is 0 Å². The van der Waals surface area contributed by atoms with Gasteiger partial charge < -0.3 is 14.8 Å². The summed E-state index contributed by atoms with van der Waals surface area (Å²) >= 11 is 0. The number of hydrogen-bond acceptors (Lipinski definition) is 7. The van der Waals surface area contributed by atoms with Gasteiger partial charge in [-0.1, -0.05) is 0 Å². The smallest absolute Gasteiger partial charge is 0.280 e. The van der Waals surface area contributed by atoms with Crippen LogP contribution in [0.2, 0.25) is 0 Å². The highest BCUT2D eigenvalue weighted by molar-refractivity contribution is 5.95. The van der Waals surface area contributed by atoms with Crippen molar-refractivity contribution in [2.75, 3.05) is 19.5 Å². The van der Waals surface area contributed by atoms with E-state index in [4.69, 9.17) is 9.47 Å². The Kier molecular flexibility index (Phi) is 8.11. The van der Waals surface area contributed by atoms with Crippen LogP contribution in [0.4, 0.5) is 11.4 Å². The number of amides is 1. The number of methoxy groups -OCH3 is 2. The molecule has 142 valence electrons. The molecule has 0 heterocycles. The minimum atomic E-state index is -0.608. The lowest BCUT2D eigenvalue weighted by Gasteiger charge is -2.06. The van der Waals surface area contributed by atoms with Gasteiger partial charge in [0.25, 0.3) is 5.69 Å². The first-order chi connectivity index (χ1) is 12.9. The largest absolute Gasteiger partial charge is 0.497 e. The summed E-state index contributed by atoms with van der Waals surface area (Å²) in [5, 5.41) is 12.9. The van der Waals surface area contributed by atoms with Crippen molar-refractivity contribution in [2.45, 2.75) is 6.92 Å². The van der Waals surface area contributed by atoms with Crippen LogP contribution >= 0.6 is 0 Å². The zero-order chi connectivity index (χ0) is 20.4. The fourth-order valence-corrected chi connectivity index (χ4v) is 1.99. The van der Waals surface area contributed by atoms with Crippen LogP contribution in [0.25, 0.3) is 0 Å². The predicted molar refractivity (Wildman–Crippen MR) is 97.7 cm³/mol. The van der Waals surface area contributed by atoms with Gasteiger partial charge in [0.15, 0.2) is 12.6 Å². The quantitative estimate of drug-likeness (QED) is 0.468. The van der Waals surface area contributed by atoms with Gasteiger partial charge in [0.2, 0.25) is 5.91 Å². The number of rotatable bonds is 6. The third-order valence-electron chi connectivity index (χ3n) is 3.25. The Morgan fingerprint density at radius 1 is 1.00 bits per heavy atom. The van der Waals surface area contributed by atoms with Crippen molar-refractivity contribution in [1.82, 2.24) is 0 Å². The summed E-state index contributed by atoms with van der Waals surface area (Å²) in [6.45, 7) is 1.39. The van der Waals surface area contributed by atoms with E-state index in [0.717, 1.165) is 0 Å². The summed E-state index contributed by atoms with van der Waals surface area (Å²) in [6, 6.07) is 8.87. The molecule has 1 N–H and O–H groups in total. The number of carbonyl (C=O) groups is 3. The molecule has 9 nitrogen and oxygen atoms in total. The minimum absolute atomic E-state index is 0.0179. The molecule has 9 heteroatoms. The summed E-state index contributed by atoms with van der Waals surface area (Å²) in [6.07, 6.45) is 1.11. The molecule has 0 bridgehead atoms. The first-order valence-corrected chi connectivity index (χ1v) is 7.54. The molecular weight excluding hydrogens is 356 g/mol. The highest BCUT2D eigenvalue weighted by atomic mass is 16.6. The molecule has 0 aromatic heterocycles. The summed E-state index contributed by atoms with van der Waals surface area (Å²) < 4.78 is 9.75. The van der Waals surface area contributed by atoms with Crippen LogP contribution in [-0.2, 0) is 4.79 Å². The van der Waals surface area contributed by atoms with E-state index in [9.17, 15) is 24.5 Å². The number of nitrogens with one attached hydrogen (secondary N) is 1. The van der Waals surface area contributed by atoms with Gasteiger partial charge in [-0.05, 0) is 30.3 Å². The number of carbonyl (C=O) groups excluding carboxylic acids is 3. The van der Waals surface area contributed by atoms with Crippen molar-refractivity contribution in [3.05, 3.63) is 57.6 Å². The zero-order valence-corrected chi connectivity index (χ0v) is 14.9. The van der Waals surface area contributed by atoms with Crippen molar-refractivity contribution in [1.29, 1.82) is 0 Å². The average Bonchev–Trinajstić information content (AvgIpc) is 2.67. The van der Waals surface area contributed by atoms with Crippen molar-refractivity contribution < 1.29 is 28.8 Å². The van der Waals surface area contributed by atoms with E-state index < -0.39 is 4.92 Å². The van der Waals surface area contributed by atoms with Crippen LogP contribution in [0.3, 0.4) is 0 Å². The molecule has 0 unspecified atom stereocenters. The molecule has 0 spiro atoms. The predicted octanol–water partition coefficient (Wildman–Crippen LogP) is 2.88. The minimum Gasteiger partial charge on any atom is -0.497 e. The Balaban J connectivity index is 0.000000271. The second-order valence-electron chi connectivity index (χ2n) is 5.05. The maximum atomic E-state index is 10.8. The number of nitro benzene ring substituents is 1. The van der Waals surface area contributed by atoms with E-state index in [1.807, 2.05) is 0 Å². The Hall–Kier alpha value is -3.75. The van der Waals surface area contributed by atoms with Crippen molar-refractivity contribution in [3.63, 3.8) is 0 Å². The molecule has 1 amide bonds. The summed E-state index contributed by atoms with van der Waals surface area (Å²) in [5.41, 5.74) is 0.702. The van der Waals surface area contributed by atoms with Crippen LogP contribution < -0.4 is 14.8 Å². The molecule has 27 heavy (non-hydrogen) atoms. The molecule has 2 aromatic carbocycles. The molecule has 0 fully saturated rings. The third-order valence-corrected chi connectivity index (χ3v) is 3.25. The van der Waals surface area contributed by atoms with Gasteiger partial charge in [0, 0.05) is 18.6 Å². The van der Waals surface area contributed by atoms with Crippen molar-refractivity contribution in [3.8, 4) is 11.5 Å². The van der Waals surface area contributed by atoms with Crippen LogP contribution in [-0.4, -0.2) is 37.6 Å². The summed E-state index contributed by atoms with van der Waals surface area (Å²) in [4.78, 5) is 41.7. The van der Waals surface area contributed by atoms with E-state index in [-0.39, 0.29) is 17.2 Å². The fraction of sp³-hybridized carbons (Fsp3) is 0.167. The van der Waals surface area contributed by atoms with Gasteiger partial charge >= 0.3 is 0 Å². The lowest BCUT2D eigenvalue weighted by molar-refractivity contribution is -0.385. The zero-order valence-electron chi connectivity index (χ0n) is 14.9. The Morgan fingerprint density at radius 2 is 1.52 bits per heavy atom. The molecule has 2 rings (SSSR count). The first-order valence-electron chi connectivity index (χ1n) is 7.54. The average molecular weight is 374 g/mol. The standard InChI is InChI=1S/C10H11NO3.C8H7NO4/c1-7(13)11-10-4-3-9(14-2)5-8(10)6-12;1-13-7-2-3-8(9(11)12)6(4-7)5-10/h3-6H,1-2H3,(H,11,13);2-5H,1H3. The van der Waals surface area contributed by atoms with Crippen LogP contribution in [0.15, 0.2) is 36.4 Å². The van der Waals surface area contributed by atoms with Crippen LogP contribution in [0.5, 0.6) is 11.5 Å². The molecule has 0 saturated carbocycles. The lowest BCUT2D eigenvalue weighted by Crippen LogP contribution is -2.07. The van der Waals surface area contributed by atoms with E-state index >= 15 is 0 Å². The molecule has 0 aliphatic rings. The topological polar surface area (TPSA) is 125 Å². The van der Waals surface area contributed by atoms with Gasteiger partial charge in [-0.2, -0.15) is 0 Å². The molecule has 0 atom stereocenters. The lowest BCUT2D eigenvalue weighted by atomic mass is 10.2. The number of anilines is 1. The number of hydrogen-bond donors (Lipinski definition) is 1. The molecule has 0 aliphatic heterocycles. The normalized spacial score (nSPS) is 9.30. The monoisotopic (exact) mass is 374 g/mol. The van der Waals surface area contributed by atoms with Crippen LogP contribution in [0, 0.1) is 10.1 Å². The maximum Gasteiger partial charge on any atom is 0.280 e. The molecule has 0 aliphatic carbocycles. The van der Waals surface area contributed by atoms with E-state index in [2.05, 4.69) is 5.32 Å². The number of nitrogens with zero attached hydrogens (tertiary/aromatic N) is 1. The summed E-state index contributed by atoms with van der Waals surface area (Å²) in [5.74, 6) is 0.798. The number of ether oxygens (including phenoxy) is 2. The number of nitro groups is 1. The summed E-state index contributed by atoms with van der Waals surface area (Å²) in [7, 11) is 2.94. The second-order valence-corrected chi connectivity index (χ2v) is 5.05. The Morgan fingerprint density at radius 3 is 1.96 bits per heavy atom. The van der Waals surface area contributed by atoms with E-state index in [1.54, 1.807) is 18.2 Å². The van der Waals surface area contributed by atoms with Gasteiger partial charge in [-0.3, -0.25) is 24.5 Å². The van der Waals surface area contributed by atoms with Crippen LogP contribution in [0.1, 0.15) is 27.6 Å². The first kappa shape index (κ1) is 21.3. The third kappa shape index (κ3) is 6.24. The van der Waals surface area contributed by atoms with Gasteiger partial charge in [0.1, 0.15) is 11.5 Å². The Bertz CT molecular complexity index is 850.